The van der Waals surface area contributed by atoms with Gasteiger partial charge in [0.25, 0.3) is 0 Å². The van der Waals surface area contributed by atoms with E-state index in [1.54, 1.807) is 18.2 Å². The Balaban J connectivity index is 1.20. The Morgan fingerprint density at radius 3 is 2.43 bits per heavy atom. The number of carbonyl (C=O) groups is 4. The highest BCUT2D eigenvalue weighted by atomic mass is 35.5. The van der Waals surface area contributed by atoms with Crippen molar-refractivity contribution < 1.29 is 43.2 Å². The quantitative estimate of drug-likeness (QED) is 0.143. The molecule has 2 unspecified atom stereocenters. The van der Waals surface area contributed by atoms with Gasteiger partial charge in [-0.2, -0.15) is 0 Å². The molecule has 5 heterocycles. The topological polar surface area (TPSA) is 191 Å². The third-order valence-electron chi connectivity index (χ3n) is 11.3. The monoisotopic (exact) mass is 838 g/mol. The largest absolute Gasteiger partial charge is 0.495 e. The first kappa shape index (κ1) is 41.5. The van der Waals surface area contributed by atoms with Crippen molar-refractivity contribution in [2.24, 2.45) is 11.3 Å². The molecule has 312 valence electrons. The van der Waals surface area contributed by atoms with E-state index >= 15 is 0 Å². The first-order valence-corrected chi connectivity index (χ1v) is 20.9. The van der Waals surface area contributed by atoms with Crippen molar-refractivity contribution in [1.29, 1.82) is 0 Å². The van der Waals surface area contributed by atoms with Crippen LogP contribution < -0.4 is 25.4 Å². The van der Waals surface area contributed by atoms with Crippen molar-refractivity contribution in [3.8, 4) is 22.9 Å². The van der Waals surface area contributed by atoms with E-state index in [9.17, 15) is 24.3 Å². The van der Waals surface area contributed by atoms with E-state index in [0.717, 1.165) is 12.8 Å². The van der Waals surface area contributed by atoms with Crippen molar-refractivity contribution in [1.82, 2.24) is 25.5 Å². The molecular formula is C41H51ClN6O9S. The van der Waals surface area contributed by atoms with Crippen LogP contribution in [0.15, 0.2) is 36.2 Å². The summed E-state index contributed by atoms with van der Waals surface area (Å²) in [6.07, 6.45) is 2.97. The molecule has 4 N–H and O–H groups in total. The lowest BCUT2D eigenvalue weighted by Gasteiger charge is -2.36. The molecule has 3 aliphatic heterocycles. The highest BCUT2D eigenvalue weighted by Gasteiger charge is 2.61. The number of aromatic nitrogens is 2. The van der Waals surface area contributed by atoms with Crippen LogP contribution in [0.1, 0.15) is 73.1 Å². The number of hydrogen-bond donors (Lipinski definition) is 4. The van der Waals surface area contributed by atoms with E-state index in [4.69, 9.17) is 40.5 Å². The van der Waals surface area contributed by atoms with Crippen LogP contribution >= 0.6 is 22.9 Å². The van der Waals surface area contributed by atoms with E-state index in [2.05, 4.69) is 22.5 Å². The Kier molecular flexibility index (Phi) is 11.6. The molecule has 2 bridgehead atoms. The van der Waals surface area contributed by atoms with Crippen molar-refractivity contribution in [2.45, 2.75) is 121 Å². The molecule has 0 radical (unpaired) electrons. The van der Waals surface area contributed by atoms with Gasteiger partial charge in [-0.25, -0.2) is 19.6 Å². The van der Waals surface area contributed by atoms with Crippen molar-refractivity contribution in [3.05, 3.63) is 41.3 Å². The van der Waals surface area contributed by atoms with E-state index in [0.29, 0.717) is 51.8 Å². The molecule has 4 aliphatic rings. The molecule has 17 heteroatoms. The summed E-state index contributed by atoms with van der Waals surface area (Å²) in [4.78, 5) is 65.8. The number of nitrogens with one attached hydrogen (secondary N) is 3. The molecule has 15 nitrogen and oxygen atoms in total. The molecule has 4 fully saturated rings. The number of methoxy groups -OCH3 is 1. The van der Waals surface area contributed by atoms with E-state index in [1.807, 2.05) is 40.0 Å². The number of likely N-dealkylation sites (tertiary alicyclic amines) is 1. The fraction of sp³-hybridized carbons (Fsp3) is 0.561. The van der Waals surface area contributed by atoms with Gasteiger partial charge in [-0.1, -0.05) is 38.4 Å². The number of aliphatic carboxylic acids is 1. The second-order valence-electron chi connectivity index (χ2n) is 17.0. The van der Waals surface area contributed by atoms with Crippen LogP contribution in [0.25, 0.3) is 22.3 Å². The Labute approximate surface area is 346 Å². The Bertz CT molecular complexity index is 2090. The van der Waals surface area contributed by atoms with Crippen LogP contribution in [-0.2, 0) is 23.9 Å². The number of carbonyl (C=O) groups excluding carboxylic acids is 3. The van der Waals surface area contributed by atoms with Crippen LogP contribution in [0.3, 0.4) is 0 Å². The summed E-state index contributed by atoms with van der Waals surface area (Å²) in [6, 6.07) is 3.12. The molecule has 0 spiro atoms. The minimum Gasteiger partial charge on any atom is -0.495 e. The third kappa shape index (κ3) is 8.41. The van der Waals surface area contributed by atoms with Crippen molar-refractivity contribution in [2.75, 3.05) is 19.0 Å². The predicted molar refractivity (Wildman–Crippen MR) is 218 cm³/mol. The molecule has 2 aromatic heterocycles. The van der Waals surface area contributed by atoms with Gasteiger partial charge in [0.05, 0.1) is 37.1 Å². The van der Waals surface area contributed by atoms with Crippen LogP contribution in [-0.4, -0.2) is 106 Å². The fourth-order valence-corrected chi connectivity index (χ4v) is 9.33. The number of carboxylic acid groups (broad SMARTS) is 1. The summed E-state index contributed by atoms with van der Waals surface area (Å²) in [5.41, 5.74) is -0.893. The Morgan fingerprint density at radius 1 is 1.09 bits per heavy atom. The van der Waals surface area contributed by atoms with Gasteiger partial charge in [-0.05, 0) is 50.7 Å². The Hall–Kier alpha value is -4.67. The number of ether oxygens (including phenoxy) is 4. The second kappa shape index (κ2) is 16.2. The lowest BCUT2D eigenvalue weighted by atomic mass is 9.85. The number of carboxylic acids is 1. The van der Waals surface area contributed by atoms with Crippen LogP contribution in [0.2, 0.25) is 5.02 Å². The van der Waals surface area contributed by atoms with Crippen molar-refractivity contribution >= 4 is 62.8 Å². The van der Waals surface area contributed by atoms with E-state index < -0.39 is 58.9 Å². The van der Waals surface area contributed by atoms with Crippen LogP contribution in [0.5, 0.6) is 11.5 Å². The summed E-state index contributed by atoms with van der Waals surface area (Å²) in [5.74, 6) is -2.07. The first-order chi connectivity index (χ1) is 27.5. The third-order valence-corrected chi connectivity index (χ3v) is 12.4. The zero-order chi connectivity index (χ0) is 41.7. The molecule has 3 aromatic rings. The molecule has 7 rings (SSSR count). The van der Waals surface area contributed by atoms with Gasteiger partial charge in [0, 0.05) is 48.1 Å². The Morgan fingerprint density at radius 2 is 1.81 bits per heavy atom. The zero-order valence-corrected chi connectivity index (χ0v) is 35.1. The average Bonchev–Trinajstić information content (AvgIpc) is 3.42. The number of nitrogens with zero attached hydrogens (tertiary/aromatic N) is 3. The normalized spacial score (nSPS) is 26.9. The molecule has 1 saturated carbocycles. The lowest BCUT2D eigenvalue weighted by molar-refractivity contribution is -0.146. The lowest BCUT2D eigenvalue weighted by Crippen LogP contribution is -2.59. The first-order valence-electron chi connectivity index (χ1n) is 19.7. The standard InChI is InChI=1S/C41H51ClN6O9S/c1-8-21-17-41(21,37(51)52)47-35(49)29-15-25(18-48(29)36(50)34(40(4,5)6)46-39(53)57-24-13-22-9-10-23(14-24)55-22)56-31-16-27(28-19-58-38(45-28)43-20(2)3)44-33-26(31)11-12-30(54-7)32(33)42/h8,11-12,16,19-25,29,34H,1,9-10,13-15,17-18H2,2-7H3,(H,43,45)(H,46,53)(H,47,49)(H,51,52)/t21?,22-,23+,24+,25-,29+,34?,41-/m1/s1. The number of amides is 3. The molecule has 1 aromatic carbocycles. The number of hydrogen-bond acceptors (Lipinski definition) is 12. The number of anilines is 1. The smallest absolute Gasteiger partial charge is 0.408 e. The van der Waals surface area contributed by atoms with Crippen LogP contribution in [0, 0.1) is 11.3 Å². The number of benzene rings is 1. The fourth-order valence-electron chi connectivity index (χ4n) is 8.20. The molecular weight excluding hydrogens is 788 g/mol. The number of rotatable bonds is 13. The number of halogens is 1. The second-order valence-corrected chi connectivity index (χ2v) is 18.3. The van der Waals surface area contributed by atoms with Crippen LogP contribution in [0.4, 0.5) is 9.93 Å². The van der Waals surface area contributed by atoms with Gasteiger partial charge in [0.15, 0.2) is 5.13 Å². The van der Waals surface area contributed by atoms with E-state index in [1.165, 1.54) is 29.4 Å². The summed E-state index contributed by atoms with van der Waals surface area (Å²) in [6.45, 7) is 13.1. The summed E-state index contributed by atoms with van der Waals surface area (Å²) >= 11 is 8.25. The van der Waals surface area contributed by atoms with Crippen molar-refractivity contribution in [3.63, 3.8) is 0 Å². The minimum absolute atomic E-state index is 0.0143. The summed E-state index contributed by atoms with van der Waals surface area (Å²) < 4.78 is 23.9. The number of alkyl carbamates (subject to hydrolysis) is 1. The maximum Gasteiger partial charge on any atom is 0.408 e. The zero-order valence-electron chi connectivity index (χ0n) is 33.5. The number of thiazole rings is 1. The summed E-state index contributed by atoms with van der Waals surface area (Å²) in [5, 5.41) is 22.4. The maximum absolute atomic E-state index is 14.7. The number of pyridine rings is 1. The minimum atomic E-state index is -1.54. The van der Waals surface area contributed by atoms with Gasteiger partial charge in [0.1, 0.15) is 52.0 Å². The highest BCUT2D eigenvalue weighted by Crippen LogP contribution is 2.45. The maximum atomic E-state index is 14.7. The van der Waals surface area contributed by atoms with Gasteiger partial charge < -0.3 is 44.9 Å². The SMILES string of the molecule is C=CC1C[C@]1(NC(=O)[C@@H]1C[C@@H](Oc2cc(-c3csc(NC(C)C)n3)nc3c(Cl)c(OC)ccc23)CN1C(=O)C(NC(=O)O[C@H]1C[C@H]2CC[C@@H](C1)O2)C(C)(C)C)C(=O)O. The van der Waals surface area contributed by atoms with E-state index in [-0.39, 0.29) is 48.8 Å². The molecule has 8 atom stereocenters. The molecule has 3 saturated heterocycles. The average molecular weight is 839 g/mol. The van der Waals surface area contributed by atoms with Gasteiger partial charge >= 0.3 is 12.1 Å². The molecule has 3 amide bonds. The predicted octanol–water partition coefficient (Wildman–Crippen LogP) is 6.19. The van der Waals surface area contributed by atoms with Gasteiger partial charge in [0.2, 0.25) is 11.8 Å². The molecule has 58 heavy (non-hydrogen) atoms. The molecule has 1 aliphatic carbocycles. The van der Waals surface area contributed by atoms with Gasteiger partial charge in [-0.15, -0.1) is 17.9 Å². The highest BCUT2D eigenvalue weighted by molar-refractivity contribution is 7.14. The number of fused-ring (bicyclic) bond motifs is 3. The summed E-state index contributed by atoms with van der Waals surface area (Å²) in [7, 11) is 1.51. The van der Waals surface area contributed by atoms with Gasteiger partial charge in [-0.3, -0.25) is 9.59 Å².